The molecule has 1 fully saturated rings. The number of carboxylic acid groups (broad SMARTS) is 1. The Morgan fingerprint density at radius 3 is 2.41 bits per heavy atom. The average molecular weight is 668 g/mol. The van der Waals surface area contributed by atoms with Crippen molar-refractivity contribution in [2.75, 3.05) is 12.3 Å². The number of carboxylic acids is 1. The van der Waals surface area contributed by atoms with Gasteiger partial charge in [0.05, 0.1) is 12.7 Å². The molecule has 1 aliphatic heterocycles. The Morgan fingerprint density at radius 1 is 0.891 bits per heavy atom. The zero-order valence-electron chi connectivity index (χ0n) is 27.6. The molecular weight excluding hydrogens is 611 g/mol. The van der Waals surface area contributed by atoms with Crippen LogP contribution >= 0.6 is 21.6 Å². The van der Waals surface area contributed by atoms with E-state index in [1.807, 2.05) is 39.8 Å². The number of nitrogens with two attached hydrogens (primary N) is 1. The van der Waals surface area contributed by atoms with Crippen molar-refractivity contribution in [3.05, 3.63) is 82.9 Å². The number of fused-ring (bicyclic) bond motifs is 1. The van der Waals surface area contributed by atoms with Crippen molar-refractivity contribution in [1.29, 1.82) is 0 Å². The normalized spacial score (nSPS) is 24.7. The number of aliphatic carboxylic acids is 1. The van der Waals surface area contributed by atoms with Gasteiger partial charge in [0, 0.05) is 17.9 Å². The molecule has 7 heteroatoms. The van der Waals surface area contributed by atoms with Crippen molar-refractivity contribution in [3.8, 4) is 0 Å². The second kappa shape index (κ2) is 20.6. The van der Waals surface area contributed by atoms with Crippen molar-refractivity contribution >= 4 is 27.6 Å². The van der Waals surface area contributed by atoms with Crippen LogP contribution in [0.15, 0.2) is 60.7 Å². The Morgan fingerprint density at radius 2 is 1.65 bits per heavy atom. The zero-order chi connectivity index (χ0) is 32.6. The number of aliphatic hydroxyl groups excluding tert-OH is 2. The minimum Gasteiger partial charge on any atom is -0.481 e. The van der Waals surface area contributed by atoms with E-state index in [9.17, 15) is 20.1 Å². The summed E-state index contributed by atoms with van der Waals surface area (Å²) in [5.41, 5.74) is 11.0. The van der Waals surface area contributed by atoms with E-state index in [1.165, 1.54) is 48.8 Å². The Hall–Kier alpha value is -1.77. The van der Waals surface area contributed by atoms with Crippen LogP contribution in [0, 0.1) is 29.6 Å². The van der Waals surface area contributed by atoms with Crippen LogP contribution in [-0.2, 0) is 30.0 Å². The van der Waals surface area contributed by atoms with E-state index in [0.29, 0.717) is 24.3 Å². The van der Waals surface area contributed by atoms with Gasteiger partial charge in [-0.2, -0.15) is 0 Å². The van der Waals surface area contributed by atoms with Crippen LogP contribution in [0.5, 0.6) is 0 Å². The van der Waals surface area contributed by atoms with Crippen LogP contribution < -0.4 is 5.73 Å². The topological polar surface area (TPSA) is 104 Å². The molecule has 0 unspecified atom stereocenters. The van der Waals surface area contributed by atoms with Gasteiger partial charge in [0.25, 0.3) is 0 Å². The summed E-state index contributed by atoms with van der Waals surface area (Å²) in [4.78, 5) is 12.1. The monoisotopic (exact) mass is 667 g/mol. The molecular formula is C39H57NO4S2. The summed E-state index contributed by atoms with van der Waals surface area (Å²) >= 11 is 0. The van der Waals surface area contributed by atoms with E-state index in [0.717, 1.165) is 68.4 Å². The van der Waals surface area contributed by atoms with Gasteiger partial charge in [-0.25, -0.2) is 0 Å². The third-order valence-electron chi connectivity index (χ3n) is 10.5. The number of allylic oxidation sites excluding steroid dienone is 1. The van der Waals surface area contributed by atoms with Crippen LogP contribution in [0.2, 0.25) is 0 Å². The van der Waals surface area contributed by atoms with Gasteiger partial charge in [0.15, 0.2) is 0 Å². The van der Waals surface area contributed by atoms with Crippen LogP contribution in [0.25, 0.3) is 0 Å². The molecule has 0 bridgehead atoms. The Bertz CT molecular complexity index is 1200. The van der Waals surface area contributed by atoms with Crippen molar-refractivity contribution in [2.45, 2.75) is 108 Å². The largest absolute Gasteiger partial charge is 0.481 e. The van der Waals surface area contributed by atoms with Crippen LogP contribution in [0.1, 0.15) is 99.3 Å². The molecule has 5 N–H and O–H groups in total. The van der Waals surface area contributed by atoms with Gasteiger partial charge in [-0.1, -0.05) is 114 Å². The Labute approximate surface area is 285 Å². The second-order valence-electron chi connectivity index (χ2n) is 13.8. The molecule has 46 heavy (non-hydrogen) atoms. The molecule has 0 aromatic heterocycles. The maximum absolute atomic E-state index is 12.1. The Kier molecular flexibility index (Phi) is 16.6. The minimum atomic E-state index is -0.721. The van der Waals surface area contributed by atoms with Crippen LogP contribution in [-0.4, -0.2) is 39.7 Å². The van der Waals surface area contributed by atoms with Gasteiger partial charge in [0.1, 0.15) is 0 Å². The van der Waals surface area contributed by atoms with Gasteiger partial charge < -0.3 is 21.1 Å². The average Bonchev–Trinajstić information content (AvgIpc) is 3.06. The lowest BCUT2D eigenvalue weighted by molar-refractivity contribution is -0.138. The van der Waals surface area contributed by atoms with Gasteiger partial charge in [-0.3, -0.25) is 4.79 Å². The van der Waals surface area contributed by atoms with Gasteiger partial charge in [-0.15, -0.1) is 0 Å². The number of carbonyl (C=O) groups is 1. The first-order valence-corrected chi connectivity index (χ1v) is 20.2. The standard InChI is InChI=1S/C39H57NO4S2/c40-21-20-34-17-16-33(14-7-15-38(42)24-29-8-2-1-3-9-29)37(23-30-10-6-11-31(22-30)26-41)28-46-45-27-36-13-5-4-12-32(36)18-19-35(34)25-39(43)44/h4-7,10-13,15,22,29,33-35,37-38,41-42H,1-3,8-9,14,16-21,23-28,40H2,(H,43,44)/t33-,34+,35-,37-,38+/m1/s1. The highest BCUT2D eigenvalue weighted by molar-refractivity contribution is 8.76. The van der Waals surface area contributed by atoms with Crippen molar-refractivity contribution < 1.29 is 20.1 Å². The number of hydrogen-bond acceptors (Lipinski definition) is 6. The van der Waals surface area contributed by atoms with Crippen molar-refractivity contribution in [3.63, 3.8) is 0 Å². The van der Waals surface area contributed by atoms with Crippen LogP contribution in [0.3, 0.4) is 0 Å². The van der Waals surface area contributed by atoms with Gasteiger partial charge >= 0.3 is 5.97 Å². The van der Waals surface area contributed by atoms with E-state index in [2.05, 4.69) is 42.5 Å². The first kappa shape index (κ1) is 37.1. The number of aryl methyl sites for hydroxylation is 1. The van der Waals surface area contributed by atoms with E-state index in [1.54, 1.807) is 0 Å². The highest BCUT2D eigenvalue weighted by atomic mass is 33.1. The molecule has 2 aliphatic rings. The molecule has 1 heterocycles. The summed E-state index contributed by atoms with van der Waals surface area (Å²) in [5, 5.41) is 30.7. The maximum atomic E-state index is 12.1. The maximum Gasteiger partial charge on any atom is 0.303 e. The molecule has 4 rings (SSSR count). The summed E-state index contributed by atoms with van der Waals surface area (Å²) in [6.45, 7) is 0.610. The van der Waals surface area contributed by atoms with E-state index in [4.69, 9.17) is 5.73 Å². The van der Waals surface area contributed by atoms with E-state index >= 15 is 0 Å². The molecule has 1 aliphatic carbocycles. The van der Waals surface area contributed by atoms with Crippen molar-refractivity contribution in [2.24, 2.45) is 35.3 Å². The second-order valence-corrected chi connectivity index (χ2v) is 16.3. The summed E-state index contributed by atoms with van der Waals surface area (Å²) in [5.74, 6) is 3.01. The fourth-order valence-corrected chi connectivity index (χ4v) is 10.4. The van der Waals surface area contributed by atoms with Gasteiger partial charge in [-0.05, 0) is 110 Å². The highest BCUT2D eigenvalue weighted by Gasteiger charge is 2.28. The van der Waals surface area contributed by atoms with Crippen molar-refractivity contribution in [1.82, 2.24) is 0 Å². The SMILES string of the molecule is NCC[C@@H]1CC[C@@H](CC=C[C@H](O)CC2CCCCC2)[C@H](Cc2cccc(CO)c2)CSSCc2ccccc2CC[C@@H]1CC(=O)O. The molecule has 0 radical (unpaired) electrons. The summed E-state index contributed by atoms with van der Waals surface area (Å²) in [6, 6.07) is 17.0. The third-order valence-corrected chi connectivity index (χ3v) is 12.9. The fraction of sp³-hybridized carbons (Fsp3) is 0.615. The highest BCUT2D eigenvalue weighted by Crippen LogP contribution is 2.39. The zero-order valence-corrected chi connectivity index (χ0v) is 29.2. The summed E-state index contributed by atoms with van der Waals surface area (Å²) in [6.07, 6.45) is 17.7. The lowest BCUT2D eigenvalue weighted by atomic mass is 9.75. The first-order chi connectivity index (χ1) is 22.4. The number of aliphatic hydroxyl groups is 2. The fourth-order valence-electron chi connectivity index (χ4n) is 7.83. The molecule has 5 atom stereocenters. The smallest absolute Gasteiger partial charge is 0.303 e. The van der Waals surface area contributed by atoms with E-state index < -0.39 is 12.1 Å². The quantitative estimate of drug-likeness (QED) is 0.133. The van der Waals surface area contributed by atoms with Crippen LogP contribution in [0.4, 0.5) is 0 Å². The number of rotatable bonds is 12. The van der Waals surface area contributed by atoms with Gasteiger partial charge in [0.2, 0.25) is 0 Å². The molecule has 1 saturated carbocycles. The lowest BCUT2D eigenvalue weighted by Crippen LogP contribution is -2.25. The molecule has 254 valence electrons. The predicted octanol–water partition coefficient (Wildman–Crippen LogP) is 8.60. The first-order valence-electron chi connectivity index (χ1n) is 17.7. The minimum absolute atomic E-state index is 0.0410. The Balaban J connectivity index is 1.59. The van der Waals surface area contributed by atoms with E-state index in [-0.39, 0.29) is 24.9 Å². The number of hydrogen-bond donors (Lipinski definition) is 4. The molecule has 0 saturated heterocycles. The molecule has 2 aromatic carbocycles. The third kappa shape index (κ3) is 12.7. The summed E-state index contributed by atoms with van der Waals surface area (Å²) < 4.78 is 0. The molecule has 0 spiro atoms. The molecule has 0 amide bonds. The predicted molar refractivity (Wildman–Crippen MR) is 195 cm³/mol. The molecule has 2 aromatic rings. The number of benzene rings is 2. The molecule has 5 nitrogen and oxygen atoms in total. The lowest BCUT2D eigenvalue weighted by Gasteiger charge is -2.31. The summed E-state index contributed by atoms with van der Waals surface area (Å²) in [7, 11) is 3.89.